The Bertz CT molecular complexity index is 3450. The summed E-state index contributed by atoms with van der Waals surface area (Å²) in [7, 11) is 2.50. The van der Waals surface area contributed by atoms with Gasteiger partial charge in [0.1, 0.15) is 0 Å². The van der Waals surface area contributed by atoms with Gasteiger partial charge in [0, 0.05) is 29.7 Å². The van der Waals surface area contributed by atoms with Gasteiger partial charge in [0.05, 0.1) is 46.8 Å². The molecule has 8 saturated carbocycles. The molecule has 0 aromatic carbocycles. The quantitative estimate of drug-likeness (QED) is 0.0202. The number of esters is 5. The molecule has 17 aliphatic carbocycles. The third-order valence-electron chi connectivity index (χ3n) is 25.6. The number of ether oxygens (including phenoxy) is 5. The van der Waals surface area contributed by atoms with Gasteiger partial charge >= 0.3 is 112 Å². The van der Waals surface area contributed by atoms with Gasteiger partial charge in [0.2, 0.25) is 0 Å². The number of rotatable bonds is 12. The van der Waals surface area contributed by atoms with Gasteiger partial charge in [-0.15, -0.1) is 36.4 Å². The number of nitrogens with one attached hydrogen (secondary N) is 1. The van der Waals surface area contributed by atoms with Crippen molar-refractivity contribution in [2.24, 2.45) is 147 Å². The van der Waals surface area contributed by atoms with E-state index in [-0.39, 0.29) is 113 Å². The zero-order chi connectivity index (χ0) is 84.5. The molecule has 0 radical (unpaired) electrons. The molecule has 0 aromatic heterocycles. The molecule has 9 N–H and O–H groups in total. The zero-order valence-corrected chi connectivity index (χ0v) is 76.8. The van der Waals surface area contributed by atoms with Gasteiger partial charge in [-0.25, -0.2) is 14.4 Å². The number of methoxy groups -OCH3 is 5. The van der Waals surface area contributed by atoms with Crippen LogP contribution in [0, 0.1) is 130 Å². The summed E-state index contributed by atoms with van der Waals surface area (Å²) in [4.78, 5) is 87.1. The molecule has 636 valence electrons. The summed E-state index contributed by atoms with van der Waals surface area (Å²) in [5.41, 5.74) is 20.0. The minimum atomic E-state index is -4.67. The van der Waals surface area contributed by atoms with Crippen molar-refractivity contribution in [1.29, 1.82) is 0 Å². The number of carbonyl (C=O) groups is 5. The van der Waals surface area contributed by atoms with Gasteiger partial charge < -0.3 is 46.2 Å². The van der Waals surface area contributed by atoms with Crippen molar-refractivity contribution in [3.63, 3.8) is 0 Å². The van der Waals surface area contributed by atoms with Crippen LogP contribution in [0.4, 0.5) is 0 Å². The minimum Gasteiger partial charge on any atom is -0.469 e. The molecule has 17 aliphatic rings. The molecule has 22 nitrogen and oxygen atoms in total. The Morgan fingerprint density at radius 1 is 0.526 bits per heavy atom. The molecule has 116 heavy (non-hydrogen) atoms. The number of fused-ring (bicyclic) bond motifs is 21. The van der Waals surface area contributed by atoms with Crippen LogP contribution in [0.1, 0.15) is 162 Å². The van der Waals surface area contributed by atoms with E-state index in [1.165, 1.54) is 126 Å². The second kappa shape index (κ2) is 58.3. The Labute approximate surface area is 745 Å². The number of allylic oxidation sites excluding steroid dienone is 19. The predicted octanol–water partition coefficient (Wildman–Crippen LogP) is 9.02. The maximum atomic E-state index is 11.5. The monoisotopic (exact) mass is 1690 g/mol. The zero-order valence-electron chi connectivity index (χ0n) is 70.5. The fraction of sp³-hybridized carbons (Fsp3) is 0.652. The van der Waals surface area contributed by atoms with Crippen LogP contribution in [0.25, 0.3) is 0 Å². The summed E-state index contributed by atoms with van der Waals surface area (Å²) in [6, 6.07) is 0.764. The first-order chi connectivity index (χ1) is 54.7. The first-order valence-corrected chi connectivity index (χ1v) is 43.3. The second-order valence-electron chi connectivity index (χ2n) is 31.8. The van der Waals surface area contributed by atoms with E-state index < -0.39 is 10.4 Å². The van der Waals surface area contributed by atoms with Crippen molar-refractivity contribution < 1.29 is 143 Å². The summed E-state index contributed by atoms with van der Waals surface area (Å²) in [6.45, 7) is 17.3. The van der Waals surface area contributed by atoms with Crippen molar-refractivity contribution >= 4 is 75.8 Å². The molecule has 0 heterocycles. The van der Waals surface area contributed by atoms with Crippen LogP contribution >= 0.6 is 23.2 Å². The summed E-state index contributed by atoms with van der Waals surface area (Å²) in [5.74, 6) is 15.5. The Kier molecular flexibility index (Phi) is 54.0. The van der Waals surface area contributed by atoms with Crippen LogP contribution in [0.15, 0.2) is 145 Å². The van der Waals surface area contributed by atoms with E-state index in [1.54, 1.807) is 5.57 Å². The summed E-state index contributed by atoms with van der Waals surface area (Å²) >= 11 is 9.53. The number of hydrogen-bond acceptors (Lipinski definition) is 20. The first kappa shape index (κ1) is 107. The smallest absolute Gasteiger partial charge is 0.469 e. The third-order valence-corrected chi connectivity index (χ3v) is 25.6. The Morgan fingerprint density at radius 2 is 0.948 bits per heavy atom. The molecule has 27 heteroatoms. The number of alkyl halides is 2. The van der Waals surface area contributed by atoms with E-state index in [9.17, 15) is 24.0 Å². The van der Waals surface area contributed by atoms with Crippen LogP contribution in [-0.2, 0) is 77.2 Å². The molecule has 0 saturated heterocycles. The first-order valence-electron chi connectivity index (χ1n) is 40.8. The average Bonchev–Trinajstić information content (AvgIpc) is 1.61. The summed E-state index contributed by atoms with van der Waals surface area (Å²) < 4.78 is 54.6. The molecular weight excluding hydrogens is 1560 g/mol. The maximum Gasteiger partial charge on any atom is 1.00 e. The molecule has 0 aromatic rings. The van der Waals surface area contributed by atoms with E-state index in [4.69, 9.17) is 91.3 Å². The SMILES string of the molecule is C1=CCC=C1.C1CCCC1.C=CC1CC(C=C)C2CC(C(=O)OC)=CC12.CC1=CC2CC1C1CC=CC21.CC1C2CC(C3C=CCC32)C1NCCCN.COC(=O)C1=CC2C3C=CC(C3)C2C1.COC(=O)C1=CC2C3C=CC(C3)C2C1.COC(=O)C1CCCC1.COC(C)=O.ClCCl.NCCCN.O=C=O.O=C=O.O=S(=O)(O)O.[Na+].[Na+]. The van der Waals surface area contributed by atoms with Gasteiger partial charge in [-0.1, -0.05) is 167 Å². The van der Waals surface area contributed by atoms with Gasteiger partial charge in [0.15, 0.2) is 0 Å². The van der Waals surface area contributed by atoms with Gasteiger partial charge in [-0.05, 0) is 254 Å². The van der Waals surface area contributed by atoms with E-state index in [0.717, 1.165) is 172 Å². The topological polar surface area (TPSA) is 364 Å². The molecule has 0 spiro atoms. The number of hydrogen-bond donors (Lipinski definition) is 6. The molecular formula is C89H132Cl2N4Na2O18S+2. The summed E-state index contributed by atoms with van der Waals surface area (Å²) in [6.07, 6.45) is 68.1. The minimum absolute atomic E-state index is 0. The van der Waals surface area contributed by atoms with Crippen molar-refractivity contribution in [1.82, 2.24) is 5.32 Å². The number of halogens is 2. The van der Waals surface area contributed by atoms with Crippen molar-refractivity contribution in [2.75, 3.05) is 67.1 Å². The van der Waals surface area contributed by atoms with Gasteiger partial charge in [-0.2, -0.15) is 27.6 Å². The third kappa shape index (κ3) is 33.6. The van der Waals surface area contributed by atoms with E-state index in [1.807, 2.05) is 12.2 Å². The van der Waals surface area contributed by atoms with Crippen LogP contribution in [0.3, 0.4) is 0 Å². The molecule has 8 fully saturated rings. The molecule has 0 amide bonds. The van der Waals surface area contributed by atoms with Crippen molar-refractivity contribution in [2.45, 2.75) is 168 Å². The maximum absolute atomic E-state index is 11.5. The normalized spacial score (nSPS) is 31.7. The van der Waals surface area contributed by atoms with E-state index >= 15 is 0 Å². The largest absolute Gasteiger partial charge is 1.00 e. The average molecular weight is 1690 g/mol. The van der Waals surface area contributed by atoms with Crippen LogP contribution in [0.2, 0.25) is 0 Å². The Morgan fingerprint density at radius 3 is 1.34 bits per heavy atom. The molecule has 22 atom stereocenters. The van der Waals surface area contributed by atoms with Crippen LogP contribution in [0.5, 0.6) is 0 Å². The number of carbonyl (C=O) groups excluding carboxylic acids is 9. The standard InChI is InChI=1S/C14H24N2.C14H18O2.2C12H14O2.C11H14.C7H12O2.C5H10.C5H6.C3H10N2.C3H6O2.CH2Cl2.2CO2.2Na.H2O4S/c1-9-12-8-13(11-5-2-4-10(11)12)14(9)16-7-3-6-15;1-4-9-6-10(5-2)13-8-11(7-12(9)13)14(15)16-3;2*1-14-12(13)9-5-10-7-2-3-8(4-7)11(10)6-9;1-7-5-8-6-11(7)10-4-2-3-9(8)10;1-9-7(8)6-4-2-3-5-6;2*1-2-4-5-3-1;4-2-1-3-5;1-3(4)5-2;3*2-1-3;;;1-5(2,3)4/h2,5,9-14,16H,3-4,6-8,15H2,1H3;4-5,7,9-10,12-13H,1-2,6,8H2,3H3;2*2-3,5,7-8,10-11H,4,6H2,1H3;2-3,5,8-11H,4,6H2,1H3;6H,2-5H2,1H3;1-5H2;1-4H,5H2;1-5H2;1-2H3;1H2;;;;;(H2,1,2,3,4)/q;;;;;;;;;;;;;2*+1;. The van der Waals surface area contributed by atoms with E-state index in [2.05, 4.69) is 139 Å². The molecule has 8 bridgehead atoms. The van der Waals surface area contributed by atoms with Crippen molar-refractivity contribution in [3.8, 4) is 0 Å². The van der Waals surface area contributed by atoms with Crippen molar-refractivity contribution in [3.05, 3.63) is 145 Å². The van der Waals surface area contributed by atoms with Crippen LogP contribution < -0.4 is 81.6 Å². The number of nitrogens with two attached hydrogens (primary N) is 3. The Balaban J connectivity index is 0.000000438. The fourth-order valence-corrected chi connectivity index (χ4v) is 20.5. The molecule has 0 aliphatic heterocycles. The predicted molar refractivity (Wildman–Crippen MR) is 443 cm³/mol. The molecule has 22 unspecified atom stereocenters. The fourth-order valence-electron chi connectivity index (χ4n) is 20.5. The van der Waals surface area contributed by atoms with E-state index in [0.29, 0.717) is 59.2 Å². The summed E-state index contributed by atoms with van der Waals surface area (Å²) in [5, 5.41) is 3.96. The Hall–Kier alpha value is -4.72. The second-order valence-corrected chi connectivity index (χ2v) is 33.5. The molecule has 17 rings (SSSR count). The van der Waals surface area contributed by atoms with Crippen LogP contribution in [-0.4, -0.2) is 133 Å². The van der Waals surface area contributed by atoms with Gasteiger partial charge in [0.25, 0.3) is 0 Å². The van der Waals surface area contributed by atoms with Gasteiger partial charge in [-0.3, -0.25) is 18.7 Å².